The highest BCUT2D eigenvalue weighted by molar-refractivity contribution is 4.84. The van der Waals surface area contributed by atoms with Crippen LogP contribution in [-0.2, 0) is 4.74 Å². The van der Waals surface area contributed by atoms with Crippen molar-refractivity contribution in [3.63, 3.8) is 0 Å². The molecule has 3 heteroatoms. The smallest absolute Gasteiger partial charge is 0.0670 e. The Kier molecular flexibility index (Phi) is 6.32. The highest BCUT2D eigenvalue weighted by Gasteiger charge is 2.27. The van der Waals surface area contributed by atoms with Crippen LogP contribution in [0.4, 0.5) is 0 Å². The second-order valence-corrected chi connectivity index (χ2v) is 4.93. The number of methoxy groups -OCH3 is 1. The third-order valence-corrected chi connectivity index (χ3v) is 3.73. The standard InChI is InChI=1S/C13H28N2O/c1-5-12-10-15(9-11(3)16-4)8-7-13(12)14-6-2/h11-14H,5-10H2,1-4H3. The van der Waals surface area contributed by atoms with Crippen molar-refractivity contribution in [2.75, 3.05) is 33.3 Å². The molecule has 1 fully saturated rings. The number of nitrogens with zero attached hydrogens (tertiary/aromatic N) is 1. The van der Waals surface area contributed by atoms with Gasteiger partial charge in [0.05, 0.1) is 6.10 Å². The van der Waals surface area contributed by atoms with Crippen molar-refractivity contribution >= 4 is 0 Å². The molecule has 0 aliphatic carbocycles. The van der Waals surface area contributed by atoms with Gasteiger partial charge in [-0.2, -0.15) is 0 Å². The Bertz CT molecular complexity index is 187. The Hall–Kier alpha value is -0.120. The second kappa shape index (κ2) is 7.25. The third kappa shape index (κ3) is 4.04. The number of hydrogen-bond acceptors (Lipinski definition) is 3. The average Bonchev–Trinajstić information content (AvgIpc) is 2.31. The van der Waals surface area contributed by atoms with Crippen LogP contribution in [0.5, 0.6) is 0 Å². The van der Waals surface area contributed by atoms with Gasteiger partial charge in [0.15, 0.2) is 0 Å². The van der Waals surface area contributed by atoms with Crippen molar-refractivity contribution < 1.29 is 4.74 Å². The Balaban J connectivity index is 2.39. The van der Waals surface area contributed by atoms with Crippen molar-refractivity contribution in [1.82, 2.24) is 10.2 Å². The highest BCUT2D eigenvalue weighted by Crippen LogP contribution is 2.20. The molecule has 1 aliphatic heterocycles. The molecule has 0 aromatic carbocycles. The molecule has 0 spiro atoms. The third-order valence-electron chi connectivity index (χ3n) is 3.73. The first-order chi connectivity index (χ1) is 7.71. The summed E-state index contributed by atoms with van der Waals surface area (Å²) in [6, 6.07) is 0.726. The van der Waals surface area contributed by atoms with Crippen molar-refractivity contribution in [2.24, 2.45) is 5.92 Å². The number of likely N-dealkylation sites (tertiary alicyclic amines) is 1. The molecule has 1 heterocycles. The fraction of sp³-hybridized carbons (Fsp3) is 1.00. The lowest BCUT2D eigenvalue weighted by Gasteiger charge is -2.39. The molecule has 1 N–H and O–H groups in total. The number of nitrogens with one attached hydrogen (secondary N) is 1. The van der Waals surface area contributed by atoms with Crippen molar-refractivity contribution in [3.05, 3.63) is 0 Å². The second-order valence-electron chi connectivity index (χ2n) is 4.93. The first-order valence-electron chi connectivity index (χ1n) is 6.69. The zero-order chi connectivity index (χ0) is 12.0. The van der Waals surface area contributed by atoms with Crippen LogP contribution in [0.15, 0.2) is 0 Å². The van der Waals surface area contributed by atoms with E-state index in [1.54, 1.807) is 7.11 Å². The molecular formula is C13H28N2O. The summed E-state index contributed by atoms with van der Waals surface area (Å²) in [5.74, 6) is 0.803. The number of piperidine rings is 1. The molecule has 3 atom stereocenters. The maximum atomic E-state index is 5.34. The van der Waals surface area contributed by atoms with Crippen LogP contribution in [0.3, 0.4) is 0 Å². The van der Waals surface area contributed by atoms with Crippen LogP contribution >= 0.6 is 0 Å². The van der Waals surface area contributed by atoms with E-state index in [0.717, 1.165) is 25.0 Å². The fourth-order valence-corrected chi connectivity index (χ4v) is 2.66. The van der Waals surface area contributed by atoms with E-state index in [1.165, 1.54) is 25.9 Å². The van der Waals surface area contributed by atoms with Gasteiger partial charge < -0.3 is 15.0 Å². The summed E-state index contributed by atoms with van der Waals surface area (Å²) < 4.78 is 5.34. The van der Waals surface area contributed by atoms with E-state index in [4.69, 9.17) is 4.74 Å². The van der Waals surface area contributed by atoms with E-state index < -0.39 is 0 Å². The van der Waals surface area contributed by atoms with E-state index >= 15 is 0 Å². The van der Waals surface area contributed by atoms with Crippen LogP contribution in [0, 0.1) is 5.92 Å². The molecule has 3 nitrogen and oxygen atoms in total. The molecule has 3 unspecified atom stereocenters. The first-order valence-corrected chi connectivity index (χ1v) is 6.69. The molecule has 16 heavy (non-hydrogen) atoms. The van der Waals surface area contributed by atoms with Crippen LogP contribution in [-0.4, -0.2) is 50.3 Å². The molecule has 0 aromatic rings. The van der Waals surface area contributed by atoms with Crippen molar-refractivity contribution in [1.29, 1.82) is 0 Å². The maximum absolute atomic E-state index is 5.34. The lowest BCUT2D eigenvalue weighted by atomic mass is 9.89. The summed E-state index contributed by atoms with van der Waals surface area (Å²) in [6.07, 6.45) is 2.91. The normalized spacial score (nSPS) is 29.2. The predicted octanol–water partition coefficient (Wildman–Crippen LogP) is 1.73. The Labute approximate surface area is 101 Å². The highest BCUT2D eigenvalue weighted by atomic mass is 16.5. The Morgan fingerprint density at radius 3 is 2.75 bits per heavy atom. The average molecular weight is 228 g/mol. The topological polar surface area (TPSA) is 24.5 Å². The summed E-state index contributed by atoms with van der Waals surface area (Å²) in [4.78, 5) is 2.55. The van der Waals surface area contributed by atoms with Crippen LogP contribution < -0.4 is 5.32 Å². The van der Waals surface area contributed by atoms with Crippen molar-refractivity contribution in [2.45, 2.75) is 45.8 Å². The minimum absolute atomic E-state index is 0.355. The van der Waals surface area contributed by atoms with Gasteiger partial charge in [-0.15, -0.1) is 0 Å². The quantitative estimate of drug-likeness (QED) is 0.749. The van der Waals surface area contributed by atoms with Crippen LogP contribution in [0.25, 0.3) is 0 Å². The molecule has 0 bridgehead atoms. The summed E-state index contributed by atoms with van der Waals surface area (Å²) in [5, 5.41) is 3.62. The summed E-state index contributed by atoms with van der Waals surface area (Å²) in [5.41, 5.74) is 0. The van der Waals surface area contributed by atoms with Crippen LogP contribution in [0.2, 0.25) is 0 Å². The Morgan fingerprint density at radius 2 is 2.19 bits per heavy atom. The molecule has 0 amide bonds. The summed E-state index contributed by atoms with van der Waals surface area (Å²) in [7, 11) is 1.80. The minimum atomic E-state index is 0.355. The molecule has 1 rings (SSSR count). The lowest BCUT2D eigenvalue weighted by Crippen LogP contribution is -2.50. The van der Waals surface area contributed by atoms with Gasteiger partial charge in [-0.3, -0.25) is 0 Å². The van der Waals surface area contributed by atoms with Gasteiger partial charge in [-0.05, 0) is 32.4 Å². The molecule has 0 saturated carbocycles. The fourth-order valence-electron chi connectivity index (χ4n) is 2.66. The monoisotopic (exact) mass is 228 g/mol. The van der Waals surface area contributed by atoms with Crippen LogP contribution in [0.1, 0.15) is 33.6 Å². The van der Waals surface area contributed by atoms with Gasteiger partial charge in [-0.1, -0.05) is 20.3 Å². The van der Waals surface area contributed by atoms with E-state index in [1.807, 2.05) is 0 Å². The summed E-state index contributed by atoms with van der Waals surface area (Å²) >= 11 is 0. The molecule has 1 aliphatic rings. The van der Waals surface area contributed by atoms with E-state index in [0.29, 0.717) is 6.10 Å². The van der Waals surface area contributed by atoms with E-state index in [2.05, 4.69) is 31.0 Å². The Morgan fingerprint density at radius 1 is 1.44 bits per heavy atom. The zero-order valence-electron chi connectivity index (χ0n) is 11.3. The van der Waals surface area contributed by atoms with Gasteiger partial charge in [0, 0.05) is 26.2 Å². The van der Waals surface area contributed by atoms with Gasteiger partial charge in [0.2, 0.25) is 0 Å². The number of hydrogen-bond donors (Lipinski definition) is 1. The van der Waals surface area contributed by atoms with E-state index in [-0.39, 0.29) is 0 Å². The summed E-state index contributed by atoms with van der Waals surface area (Å²) in [6.45, 7) is 11.3. The number of ether oxygens (including phenoxy) is 1. The molecule has 0 radical (unpaired) electrons. The molecule has 96 valence electrons. The lowest BCUT2D eigenvalue weighted by molar-refractivity contribution is 0.0503. The zero-order valence-corrected chi connectivity index (χ0v) is 11.3. The molecule has 0 aromatic heterocycles. The van der Waals surface area contributed by atoms with Gasteiger partial charge in [0.1, 0.15) is 0 Å². The predicted molar refractivity (Wildman–Crippen MR) is 68.8 cm³/mol. The van der Waals surface area contributed by atoms with E-state index in [9.17, 15) is 0 Å². The van der Waals surface area contributed by atoms with Gasteiger partial charge in [-0.25, -0.2) is 0 Å². The largest absolute Gasteiger partial charge is 0.380 e. The first kappa shape index (κ1) is 13.9. The molecular weight excluding hydrogens is 200 g/mol. The number of rotatable bonds is 6. The van der Waals surface area contributed by atoms with Crippen molar-refractivity contribution in [3.8, 4) is 0 Å². The van der Waals surface area contributed by atoms with Gasteiger partial charge in [0.25, 0.3) is 0 Å². The van der Waals surface area contributed by atoms with Gasteiger partial charge >= 0.3 is 0 Å². The SMILES string of the molecule is CCNC1CCN(CC(C)OC)CC1CC. The maximum Gasteiger partial charge on any atom is 0.0670 e. The minimum Gasteiger partial charge on any atom is -0.380 e. The molecule has 1 saturated heterocycles.